The first-order chi connectivity index (χ1) is 19.7. The van der Waals surface area contributed by atoms with E-state index in [-0.39, 0.29) is 36.1 Å². The van der Waals surface area contributed by atoms with E-state index in [0.717, 1.165) is 12.1 Å². The number of carbonyl (C=O) groups excluding carboxylic acids is 1. The molecule has 1 saturated heterocycles. The van der Waals surface area contributed by atoms with Crippen molar-refractivity contribution in [1.82, 2.24) is 14.8 Å². The molecule has 0 bridgehead atoms. The maximum atomic E-state index is 15.1. The molecule has 1 aliphatic rings. The van der Waals surface area contributed by atoms with Crippen LogP contribution in [0.2, 0.25) is 0 Å². The van der Waals surface area contributed by atoms with Gasteiger partial charge in [0, 0.05) is 29.4 Å². The predicted octanol–water partition coefficient (Wildman–Crippen LogP) is 5.16. The van der Waals surface area contributed by atoms with Crippen LogP contribution in [0.3, 0.4) is 0 Å². The standard InChI is InChI=1S/C29H27F3N4O4S/c1-19(29(40-20(2)37,16-36-18-34-17-35-36)25-10-9-23(30)12-27(25)32)41-24-14-38-28(39-15-24)6-4-3-5-22-8-7-21(13-33)11-26(22)31/h3-12,17-19,24,28H,14-16H2,1-2H3/b5-3+,6-4+. The van der Waals surface area contributed by atoms with Gasteiger partial charge in [-0.2, -0.15) is 10.4 Å². The van der Waals surface area contributed by atoms with Crippen LogP contribution in [0, 0.1) is 28.8 Å². The highest BCUT2D eigenvalue weighted by atomic mass is 32.2. The van der Waals surface area contributed by atoms with Gasteiger partial charge < -0.3 is 14.2 Å². The number of allylic oxidation sites excluding steroid dienone is 2. The predicted molar refractivity (Wildman–Crippen MR) is 146 cm³/mol. The number of nitriles is 1. The minimum atomic E-state index is -1.55. The fourth-order valence-electron chi connectivity index (χ4n) is 4.38. The lowest BCUT2D eigenvalue weighted by molar-refractivity contribution is -0.160. The molecule has 4 rings (SSSR count). The van der Waals surface area contributed by atoms with Gasteiger partial charge in [-0.05, 0) is 37.3 Å². The van der Waals surface area contributed by atoms with Gasteiger partial charge in [0.1, 0.15) is 30.1 Å². The second-order valence-corrected chi connectivity index (χ2v) is 10.9. The summed E-state index contributed by atoms with van der Waals surface area (Å²) in [6.45, 7) is 3.51. The van der Waals surface area contributed by atoms with E-state index in [1.54, 1.807) is 31.2 Å². The summed E-state index contributed by atoms with van der Waals surface area (Å²) in [5.74, 6) is -2.75. The largest absolute Gasteiger partial charge is 0.451 e. The van der Waals surface area contributed by atoms with Crippen LogP contribution in [0.5, 0.6) is 0 Å². The molecule has 1 fully saturated rings. The Kier molecular flexibility index (Phi) is 9.99. The summed E-state index contributed by atoms with van der Waals surface area (Å²) >= 11 is 1.38. The second kappa shape index (κ2) is 13.6. The molecule has 0 saturated carbocycles. The number of esters is 1. The third-order valence-electron chi connectivity index (χ3n) is 6.31. The third kappa shape index (κ3) is 7.64. The monoisotopic (exact) mass is 584 g/mol. The van der Waals surface area contributed by atoms with Crippen LogP contribution in [0.25, 0.3) is 6.08 Å². The molecular weight excluding hydrogens is 557 g/mol. The lowest BCUT2D eigenvalue weighted by atomic mass is 9.89. The molecule has 1 aliphatic heterocycles. The van der Waals surface area contributed by atoms with E-state index in [1.807, 2.05) is 6.07 Å². The molecule has 2 atom stereocenters. The Balaban J connectivity index is 1.44. The lowest BCUT2D eigenvalue weighted by Crippen LogP contribution is -2.47. The maximum absolute atomic E-state index is 15.1. The number of ether oxygens (including phenoxy) is 3. The van der Waals surface area contributed by atoms with Gasteiger partial charge in [0.25, 0.3) is 0 Å². The second-order valence-electron chi connectivity index (χ2n) is 9.23. The van der Waals surface area contributed by atoms with Crippen molar-refractivity contribution in [3.05, 3.63) is 101 Å². The Bertz CT molecular complexity index is 1450. The van der Waals surface area contributed by atoms with Crippen LogP contribution in [0.15, 0.2) is 67.3 Å². The summed E-state index contributed by atoms with van der Waals surface area (Å²) < 4.78 is 61.8. The molecular formula is C29H27F3N4O4S. The number of nitrogens with zero attached hydrogens (tertiary/aromatic N) is 4. The molecule has 2 unspecified atom stereocenters. The van der Waals surface area contributed by atoms with E-state index >= 15 is 4.39 Å². The molecule has 41 heavy (non-hydrogen) atoms. The number of hydrogen-bond donors (Lipinski definition) is 0. The summed E-state index contributed by atoms with van der Waals surface area (Å²) in [5, 5.41) is 12.2. The molecule has 0 amide bonds. The van der Waals surface area contributed by atoms with Gasteiger partial charge in [0.2, 0.25) is 0 Å². The average Bonchev–Trinajstić information content (AvgIpc) is 3.45. The zero-order valence-corrected chi connectivity index (χ0v) is 23.1. The zero-order valence-electron chi connectivity index (χ0n) is 22.2. The highest BCUT2D eigenvalue weighted by molar-refractivity contribution is 8.00. The molecule has 2 heterocycles. The average molecular weight is 585 g/mol. The molecule has 8 nitrogen and oxygen atoms in total. The van der Waals surface area contributed by atoms with E-state index in [2.05, 4.69) is 10.1 Å². The number of thioether (sulfide) groups is 1. The van der Waals surface area contributed by atoms with Gasteiger partial charge >= 0.3 is 5.97 Å². The number of benzene rings is 2. The van der Waals surface area contributed by atoms with Crippen LogP contribution >= 0.6 is 11.8 Å². The van der Waals surface area contributed by atoms with Crippen LogP contribution in [0.1, 0.15) is 30.5 Å². The van der Waals surface area contributed by atoms with Crippen LogP contribution in [0.4, 0.5) is 13.2 Å². The number of halogens is 3. The summed E-state index contributed by atoms with van der Waals surface area (Å²) in [6, 6.07) is 9.24. The molecule has 12 heteroatoms. The van der Waals surface area contributed by atoms with Crippen molar-refractivity contribution in [2.24, 2.45) is 0 Å². The van der Waals surface area contributed by atoms with Crippen LogP contribution in [-0.4, -0.2) is 50.7 Å². The molecule has 2 aromatic carbocycles. The van der Waals surface area contributed by atoms with Crippen molar-refractivity contribution < 1.29 is 32.2 Å². The van der Waals surface area contributed by atoms with Gasteiger partial charge in [0.05, 0.1) is 36.6 Å². The molecule has 1 aromatic heterocycles. The fourth-order valence-corrected chi connectivity index (χ4v) is 5.74. The first-order valence-electron chi connectivity index (χ1n) is 12.6. The van der Waals surface area contributed by atoms with E-state index in [1.165, 1.54) is 60.3 Å². The van der Waals surface area contributed by atoms with Crippen LogP contribution < -0.4 is 0 Å². The smallest absolute Gasteiger partial charge is 0.303 e. The Labute approximate surface area is 239 Å². The van der Waals surface area contributed by atoms with Gasteiger partial charge in [0.15, 0.2) is 11.9 Å². The first kappa shape index (κ1) is 30.0. The van der Waals surface area contributed by atoms with E-state index in [9.17, 15) is 13.6 Å². The van der Waals surface area contributed by atoms with Gasteiger partial charge in [-0.25, -0.2) is 22.8 Å². The van der Waals surface area contributed by atoms with Gasteiger partial charge in [-0.15, -0.1) is 11.8 Å². The van der Waals surface area contributed by atoms with E-state index in [4.69, 9.17) is 19.5 Å². The number of hydrogen-bond acceptors (Lipinski definition) is 8. The molecule has 0 spiro atoms. The minimum Gasteiger partial charge on any atom is -0.451 e. The normalized spacial score (nSPS) is 19.6. The Morgan fingerprint density at radius 3 is 2.63 bits per heavy atom. The maximum Gasteiger partial charge on any atom is 0.303 e. The lowest BCUT2D eigenvalue weighted by Gasteiger charge is -2.40. The van der Waals surface area contributed by atoms with Crippen molar-refractivity contribution in [1.29, 1.82) is 5.26 Å². The fraction of sp³-hybridized carbons (Fsp3) is 0.310. The SMILES string of the molecule is CC(=O)OC(Cn1cncn1)(c1ccc(F)cc1F)C(C)SC1COC(/C=C/C=C/c2ccc(C#N)cc2F)OC1. The molecule has 0 N–H and O–H groups in total. The van der Waals surface area contributed by atoms with E-state index in [0.29, 0.717) is 5.56 Å². The summed E-state index contributed by atoms with van der Waals surface area (Å²) in [6.07, 6.45) is 8.63. The van der Waals surface area contributed by atoms with Crippen molar-refractivity contribution in [3.63, 3.8) is 0 Å². The topological polar surface area (TPSA) is 99.3 Å². The summed E-state index contributed by atoms with van der Waals surface area (Å²) in [5.41, 5.74) is -0.963. The summed E-state index contributed by atoms with van der Waals surface area (Å²) in [4.78, 5) is 16.2. The first-order valence-corrected chi connectivity index (χ1v) is 13.5. The Morgan fingerprint density at radius 2 is 2.00 bits per heavy atom. The number of aromatic nitrogens is 3. The highest BCUT2D eigenvalue weighted by Crippen LogP contribution is 2.42. The molecule has 3 aromatic rings. The third-order valence-corrected chi connectivity index (χ3v) is 7.75. The summed E-state index contributed by atoms with van der Waals surface area (Å²) in [7, 11) is 0. The van der Waals surface area contributed by atoms with Gasteiger partial charge in [-0.3, -0.25) is 4.79 Å². The van der Waals surface area contributed by atoms with Crippen molar-refractivity contribution >= 4 is 23.8 Å². The minimum absolute atomic E-state index is 0.00791. The number of rotatable bonds is 10. The quantitative estimate of drug-likeness (QED) is 0.238. The number of carbonyl (C=O) groups is 1. The van der Waals surface area contributed by atoms with E-state index < -0.39 is 40.6 Å². The molecule has 214 valence electrons. The molecule has 0 radical (unpaired) electrons. The van der Waals surface area contributed by atoms with Crippen LogP contribution in [-0.2, 0) is 31.2 Å². The molecule has 0 aliphatic carbocycles. The van der Waals surface area contributed by atoms with Crippen molar-refractivity contribution in [3.8, 4) is 6.07 Å². The Hall–Kier alpha value is -3.92. The van der Waals surface area contributed by atoms with Gasteiger partial charge in [-0.1, -0.05) is 24.3 Å². The Morgan fingerprint density at radius 1 is 1.22 bits per heavy atom. The highest BCUT2D eigenvalue weighted by Gasteiger charge is 2.46. The zero-order chi connectivity index (χ0) is 29.4. The van der Waals surface area contributed by atoms with Crippen molar-refractivity contribution in [2.75, 3.05) is 13.2 Å². The van der Waals surface area contributed by atoms with Crippen molar-refractivity contribution in [2.45, 2.75) is 42.8 Å².